The lowest BCUT2D eigenvalue weighted by Crippen LogP contribution is -2.61. The minimum atomic E-state index is 0.0939. The average molecular weight is 1420 g/mol. The van der Waals surface area contributed by atoms with Crippen molar-refractivity contribution in [1.29, 1.82) is 0 Å². The first-order valence-corrected chi connectivity index (χ1v) is 38.9. The molecule has 108 heavy (non-hydrogen) atoms. The molecule has 0 saturated heterocycles. The largest absolute Gasteiger partial charge is 0.405 e. The summed E-state index contributed by atoms with van der Waals surface area (Å²) in [6.45, 7) is 37.4. The Hall–Kier alpha value is -10.2. The molecule has 8 aromatic carbocycles. The van der Waals surface area contributed by atoms with Crippen LogP contribution in [0.25, 0.3) is 65.9 Å². The second-order valence-corrected chi connectivity index (χ2v) is 34.9. The minimum absolute atomic E-state index is 0.0939. The van der Waals surface area contributed by atoms with Gasteiger partial charge in [0.15, 0.2) is 22.4 Å². The van der Waals surface area contributed by atoms with Crippen molar-refractivity contribution < 1.29 is 18.3 Å². The third-order valence-electron chi connectivity index (χ3n) is 23.5. The van der Waals surface area contributed by atoms with Crippen LogP contribution in [0.3, 0.4) is 0 Å². The van der Waals surface area contributed by atoms with Gasteiger partial charge in [-0.1, -0.05) is 228 Å². The molecule has 4 aliphatic heterocycles. The quantitative estimate of drug-likeness (QED) is 0.130. The monoisotopic (exact) mass is 1420 g/mol. The van der Waals surface area contributed by atoms with Crippen LogP contribution in [0.15, 0.2) is 242 Å². The van der Waals surface area contributed by atoms with Crippen LogP contribution in [0.5, 0.6) is 0 Å². The number of allylic oxidation sites excluding steroid dienone is 4. The molecule has 16 rings (SSSR count). The molecule has 12 heteroatoms. The molecule has 8 nitrogen and oxygen atoms in total. The number of fused-ring (bicyclic) bond motifs is 8. The number of hydrogen-bond acceptors (Lipinski definition) is 4. The lowest BCUT2D eigenvalue weighted by atomic mass is 9.51. The first kappa shape index (κ1) is 76.0. The molecule has 0 bridgehead atoms. The maximum atomic E-state index is 2.47. The highest BCUT2D eigenvalue weighted by molar-refractivity contribution is 6.83. The van der Waals surface area contributed by atoms with Crippen LogP contribution < -0.4 is 59.9 Å². The predicted molar refractivity (Wildman–Crippen MR) is 470 cm³/mol. The van der Waals surface area contributed by atoms with Crippen LogP contribution in [-0.4, -0.2) is 55.6 Å². The molecule has 8 heterocycles. The van der Waals surface area contributed by atoms with E-state index in [0.717, 1.165) is 0 Å². The zero-order valence-corrected chi connectivity index (χ0v) is 69.0. The summed E-state index contributed by atoms with van der Waals surface area (Å²) in [5, 5.41) is 5.29. The van der Waals surface area contributed by atoms with Crippen molar-refractivity contribution in [2.24, 2.45) is 49.9 Å². The number of nitrogens with zero attached hydrogens (tertiary/aromatic N) is 8. The Labute approximate surface area is 647 Å². The molecule has 0 N–H and O–H groups in total. The number of aromatic nitrogens is 4. The molecule has 0 aliphatic carbocycles. The van der Waals surface area contributed by atoms with Crippen molar-refractivity contribution in [2.75, 3.05) is 47.4 Å². The molecule has 12 aromatic rings. The Morgan fingerprint density at radius 2 is 0.556 bits per heavy atom. The third kappa shape index (κ3) is 14.3. The first-order valence-electron chi connectivity index (χ1n) is 38.9. The van der Waals surface area contributed by atoms with Gasteiger partial charge in [-0.25, -0.2) is 18.3 Å². The van der Waals surface area contributed by atoms with E-state index >= 15 is 0 Å². The second-order valence-electron chi connectivity index (χ2n) is 34.9. The van der Waals surface area contributed by atoms with Gasteiger partial charge in [0.1, 0.15) is 28.2 Å². The molecule has 544 valence electrons. The lowest BCUT2D eigenvalue weighted by molar-refractivity contribution is -0.627. The van der Waals surface area contributed by atoms with Crippen molar-refractivity contribution in [1.82, 2.24) is 0 Å². The molecule has 0 fully saturated rings. The summed E-state index contributed by atoms with van der Waals surface area (Å²) in [5.41, 5.74) is 32.4. The van der Waals surface area contributed by atoms with Gasteiger partial charge in [0, 0.05) is 75.3 Å². The Bertz CT molecular complexity index is 5600. The summed E-state index contributed by atoms with van der Waals surface area (Å²) >= 11 is 0. The van der Waals surface area contributed by atoms with Gasteiger partial charge in [0.05, 0.1) is 5.39 Å². The van der Waals surface area contributed by atoms with Crippen LogP contribution in [-0.2, 0) is 28.2 Å². The van der Waals surface area contributed by atoms with Crippen LogP contribution in [0.2, 0.25) is 0 Å². The van der Waals surface area contributed by atoms with Crippen molar-refractivity contribution in [3.05, 3.63) is 287 Å². The van der Waals surface area contributed by atoms with E-state index in [1.807, 2.05) is 0 Å². The van der Waals surface area contributed by atoms with Gasteiger partial charge in [-0.15, -0.1) is 0 Å². The van der Waals surface area contributed by atoms with Crippen LogP contribution >= 0.6 is 0 Å². The van der Waals surface area contributed by atoms with E-state index in [1.165, 1.54) is 156 Å². The van der Waals surface area contributed by atoms with Gasteiger partial charge in [0.25, 0.3) is 0 Å². The van der Waals surface area contributed by atoms with Gasteiger partial charge in [-0.3, -0.25) is 0 Å². The number of hydrogen-bond donors (Lipinski definition) is 0. The first-order chi connectivity index (χ1) is 51.1. The fourth-order valence-electron chi connectivity index (χ4n) is 17.5. The molecular formula is C96H112B4N8+4. The number of pyridine rings is 4. The second kappa shape index (κ2) is 29.4. The van der Waals surface area contributed by atoms with Gasteiger partial charge >= 0.3 is 27.4 Å². The molecule has 0 unspecified atom stereocenters. The van der Waals surface area contributed by atoms with Crippen molar-refractivity contribution in [3.63, 3.8) is 0 Å². The smallest absolute Gasteiger partial charge is 0.396 e. The van der Waals surface area contributed by atoms with E-state index in [2.05, 4.69) is 447 Å². The van der Waals surface area contributed by atoms with Crippen LogP contribution in [0.4, 0.5) is 22.7 Å². The normalized spacial score (nSPS) is 14.4. The maximum Gasteiger partial charge on any atom is 0.396 e. The molecule has 4 aliphatic rings. The Kier molecular flexibility index (Phi) is 20.7. The molecule has 0 radical (unpaired) electrons. The van der Waals surface area contributed by atoms with Crippen molar-refractivity contribution in [2.45, 2.75) is 111 Å². The third-order valence-corrected chi connectivity index (χ3v) is 23.5. The molecule has 0 amide bonds. The molecule has 0 saturated carbocycles. The van der Waals surface area contributed by atoms with Gasteiger partial charge in [0.2, 0.25) is 22.1 Å². The Morgan fingerprint density at radius 1 is 0.259 bits per heavy atom. The SMILES string of the molecule is CN1B(c2ccc3ccccc3[n+]2C)C=C(C(C)(C)C)c2ccccc21.Cc1cc(B2C=C(C(C)(C)C)c3ccccc3N2C)[n+](C)c2ccccc12.Cc1cccc2c1c(C)cc(B1C=C(C(C)(C)C)c3ccccc3N1C)[n+]2C.Cc1cccc2c1ccc(B1C=C(C(C)(C)C)c3ccccc3N1C)[n+]2C. The maximum absolute atomic E-state index is 2.47. The van der Waals surface area contributed by atoms with Gasteiger partial charge in [-0.05, 0) is 205 Å². The summed E-state index contributed by atoms with van der Waals surface area (Å²) in [6.07, 6.45) is 0. The van der Waals surface area contributed by atoms with E-state index in [-0.39, 0.29) is 49.1 Å². The number of para-hydroxylation sites is 6. The zero-order valence-electron chi connectivity index (χ0n) is 69.0. The average Bonchev–Trinajstić information content (AvgIpc) is 0.757. The van der Waals surface area contributed by atoms with E-state index < -0.39 is 0 Å². The summed E-state index contributed by atoms with van der Waals surface area (Å²) in [7, 11) is 17.6. The number of aryl methyl sites for hydroxylation is 8. The standard InChI is InChI=1S/C25H30BN2.2C24H28BN2.C23H26BN2/c1-17-11-10-14-22-24(17)18(2)15-23(27(22)6)26-16-20(25(3,4)5)19-12-8-9-13-21(19)28(26)7;1-17-15-23(26(5)21-13-9-7-11-18(17)21)25-16-20(24(2,3)4)19-12-8-10-14-22(19)27(25)6;1-17-10-9-13-21-18(17)14-15-23(26(21)5)25-16-20(24(2,3)4)19-11-7-8-12-22(19)27(25)6;1-23(2,3)19-16-24(26(5)21-13-9-7-11-18(19)21)22-15-14-17-10-6-8-12-20(17)25(22)4/h8-16H,1-7H3;2*7-16H,1-6H3;6-16H,1-5H3/q4*+1. The summed E-state index contributed by atoms with van der Waals surface area (Å²) < 4.78 is 9.42. The number of anilines is 4. The summed E-state index contributed by atoms with van der Waals surface area (Å²) in [4.78, 5) is 9.63. The van der Waals surface area contributed by atoms with Gasteiger partial charge < -0.3 is 19.2 Å². The fraction of sp³-hybridized carbons (Fsp3) is 0.292. The lowest BCUT2D eigenvalue weighted by Gasteiger charge is -2.36. The fourth-order valence-corrected chi connectivity index (χ4v) is 17.5. The minimum Gasteiger partial charge on any atom is -0.405 e. The zero-order chi connectivity index (χ0) is 77.4. The van der Waals surface area contributed by atoms with E-state index in [0.29, 0.717) is 0 Å². The molecule has 0 atom stereocenters. The summed E-state index contributed by atoms with van der Waals surface area (Å²) in [6, 6.07) is 79.4. The van der Waals surface area contributed by atoms with Gasteiger partial charge in [-0.2, -0.15) is 0 Å². The summed E-state index contributed by atoms with van der Waals surface area (Å²) in [5.74, 6) is 9.84. The number of benzene rings is 8. The van der Waals surface area contributed by atoms with E-state index in [9.17, 15) is 0 Å². The Balaban J connectivity index is 0.000000127. The Morgan fingerprint density at radius 3 is 0.981 bits per heavy atom. The highest BCUT2D eigenvalue weighted by atomic mass is 15.1. The highest BCUT2D eigenvalue weighted by Crippen LogP contribution is 2.46. The molecular weight excluding hydrogens is 1310 g/mol. The predicted octanol–water partition coefficient (Wildman–Crippen LogP) is 17.2. The van der Waals surface area contributed by atoms with E-state index in [1.54, 1.807) is 0 Å². The topological polar surface area (TPSA) is 28.5 Å². The van der Waals surface area contributed by atoms with Crippen LogP contribution in [0, 0.1) is 49.4 Å². The van der Waals surface area contributed by atoms with Crippen molar-refractivity contribution in [3.8, 4) is 0 Å². The highest BCUT2D eigenvalue weighted by Gasteiger charge is 2.43. The van der Waals surface area contributed by atoms with Crippen molar-refractivity contribution >= 4 is 138 Å². The van der Waals surface area contributed by atoms with E-state index in [4.69, 9.17) is 0 Å². The van der Waals surface area contributed by atoms with Crippen LogP contribution in [0.1, 0.15) is 128 Å². The number of rotatable bonds is 4. The molecule has 4 aromatic heterocycles. The molecule has 0 spiro atoms.